The number of halogens is 1. The fourth-order valence-corrected chi connectivity index (χ4v) is 4.17. The van der Waals surface area contributed by atoms with Gasteiger partial charge in [-0.25, -0.2) is 9.18 Å². The van der Waals surface area contributed by atoms with Crippen molar-refractivity contribution in [2.45, 2.75) is 32.0 Å². The second-order valence-corrected chi connectivity index (χ2v) is 7.58. The van der Waals surface area contributed by atoms with E-state index >= 15 is 4.39 Å². The second-order valence-electron chi connectivity index (χ2n) is 7.58. The van der Waals surface area contributed by atoms with Crippen molar-refractivity contribution < 1.29 is 19.0 Å². The number of rotatable bonds is 4. The van der Waals surface area contributed by atoms with Crippen molar-refractivity contribution in [3.05, 3.63) is 51.3 Å². The Kier molecular flexibility index (Phi) is 3.71. The molecule has 1 N–H and O–H groups in total. The molecule has 1 aliphatic carbocycles. The third-order valence-corrected chi connectivity index (χ3v) is 5.58. The first-order valence-electron chi connectivity index (χ1n) is 9.34. The van der Waals surface area contributed by atoms with E-state index in [9.17, 15) is 14.7 Å². The molecule has 29 heavy (non-hydrogen) atoms. The van der Waals surface area contributed by atoms with Crippen LogP contribution in [0.3, 0.4) is 0 Å². The van der Waals surface area contributed by atoms with Gasteiger partial charge in [0.1, 0.15) is 11.3 Å². The Labute approximate surface area is 164 Å². The number of aryl methyl sites for hydroxylation is 1. The van der Waals surface area contributed by atoms with Crippen molar-refractivity contribution in [2.24, 2.45) is 7.05 Å². The van der Waals surface area contributed by atoms with Crippen LogP contribution >= 0.6 is 0 Å². The standard InChI is InChI=1S/C20H19FN4O4/c1-23-6-10-7-24(9-15(10)22-23)17-14(21)5-12-16(19(17)29-2)25(11-3-4-11)8-13(18(12)26)20(27)28/h5-6,8,11H,3-4,7,9H2,1-2H3,(H,27,28). The molecule has 0 spiro atoms. The van der Waals surface area contributed by atoms with Crippen LogP contribution in [-0.2, 0) is 20.1 Å². The van der Waals surface area contributed by atoms with Crippen LogP contribution in [0.15, 0.2) is 23.3 Å². The van der Waals surface area contributed by atoms with E-state index in [2.05, 4.69) is 5.10 Å². The van der Waals surface area contributed by atoms with Crippen LogP contribution in [0, 0.1) is 5.82 Å². The lowest BCUT2D eigenvalue weighted by Crippen LogP contribution is -2.22. The van der Waals surface area contributed by atoms with Crippen LogP contribution in [0.5, 0.6) is 5.75 Å². The quantitative estimate of drug-likeness (QED) is 0.726. The molecule has 0 radical (unpaired) electrons. The van der Waals surface area contributed by atoms with Crippen LogP contribution in [0.25, 0.3) is 10.9 Å². The maximum atomic E-state index is 15.2. The predicted octanol–water partition coefficient (Wildman–Crippen LogP) is 2.44. The summed E-state index contributed by atoms with van der Waals surface area (Å²) in [5.41, 5.74) is 1.51. The first kappa shape index (κ1) is 17.7. The summed E-state index contributed by atoms with van der Waals surface area (Å²) >= 11 is 0. The highest BCUT2D eigenvalue weighted by Crippen LogP contribution is 2.45. The average molecular weight is 398 g/mol. The molecule has 5 rings (SSSR count). The van der Waals surface area contributed by atoms with Gasteiger partial charge in [0.2, 0.25) is 5.43 Å². The summed E-state index contributed by atoms with van der Waals surface area (Å²) < 4.78 is 24.3. The Morgan fingerprint density at radius 3 is 2.69 bits per heavy atom. The number of ether oxygens (including phenoxy) is 1. The number of anilines is 1. The maximum Gasteiger partial charge on any atom is 0.341 e. The summed E-state index contributed by atoms with van der Waals surface area (Å²) in [5.74, 6) is -1.70. The maximum absolute atomic E-state index is 15.2. The topological polar surface area (TPSA) is 89.6 Å². The highest BCUT2D eigenvalue weighted by Gasteiger charge is 2.33. The number of hydrogen-bond acceptors (Lipinski definition) is 5. The third kappa shape index (κ3) is 2.60. The molecule has 1 aliphatic heterocycles. The van der Waals surface area contributed by atoms with Crippen LogP contribution in [0.2, 0.25) is 0 Å². The van der Waals surface area contributed by atoms with Gasteiger partial charge in [-0.3, -0.25) is 9.48 Å². The molecule has 0 unspecified atom stereocenters. The number of carboxylic acids is 1. The molecule has 8 nitrogen and oxygen atoms in total. The van der Waals surface area contributed by atoms with E-state index in [1.807, 2.05) is 18.1 Å². The van der Waals surface area contributed by atoms with Gasteiger partial charge in [-0.2, -0.15) is 5.10 Å². The van der Waals surface area contributed by atoms with Crippen molar-refractivity contribution in [2.75, 3.05) is 12.0 Å². The Balaban J connectivity index is 1.76. The molecule has 1 fully saturated rings. The zero-order chi connectivity index (χ0) is 20.4. The van der Waals surface area contributed by atoms with Gasteiger partial charge in [0, 0.05) is 37.6 Å². The Hall–Kier alpha value is -3.36. The minimum atomic E-state index is -1.32. The van der Waals surface area contributed by atoms with E-state index in [-0.39, 0.29) is 28.4 Å². The van der Waals surface area contributed by atoms with E-state index in [0.717, 1.165) is 30.2 Å². The van der Waals surface area contributed by atoms with Gasteiger partial charge in [-0.05, 0) is 18.9 Å². The van der Waals surface area contributed by atoms with Gasteiger partial charge < -0.3 is 19.3 Å². The second kappa shape index (κ2) is 6.07. The van der Waals surface area contributed by atoms with Crippen LogP contribution in [0.4, 0.5) is 10.1 Å². The van der Waals surface area contributed by atoms with Crippen molar-refractivity contribution in [1.29, 1.82) is 0 Å². The Morgan fingerprint density at radius 2 is 2.07 bits per heavy atom. The number of fused-ring (bicyclic) bond motifs is 2. The summed E-state index contributed by atoms with van der Waals surface area (Å²) in [6.45, 7) is 0.901. The fraction of sp³-hybridized carbons (Fsp3) is 0.350. The molecule has 0 atom stereocenters. The van der Waals surface area contributed by atoms with E-state index in [1.165, 1.54) is 13.3 Å². The Bertz CT molecular complexity index is 1220. The van der Waals surface area contributed by atoms with Gasteiger partial charge in [-0.1, -0.05) is 0 Å². The number of benzene rings is 1. The number of aromatic nitrogens is 3. The minimum Gasteiger partial charge on any atom is -0.492 e. The van der Waals surface area contributed by atoms with Crippen LogP contribution in [0.1, 0.15) is 40.5 Å². The summed E-state index contributed by atoms with van der Waals surface area (Å²) in [5, 5.41) is 13.8. The van der Waals surface area contributed by atoms with Gasteiger partial charge in [0.05, 0.1) is 30.3 Å². The molecule has 0 bridgehead atoms. The van der Waals surface area contributed by atoms with Gasteiger partial charge in [0.25, 0.3) is 0 Å². The predicted molar refractivity (Wildman–Crippen MR) is 103 cm³/mol. The highest BCUT2D eigenvalue weighted by atomic mass is 19.1. The van der Waals surface area contributed by atoms with Gasteiger partial charge >= 0.3 is 5.97 Å². The summed E-state index contributed by atoms with van der Waals surface area (Å²) in [7, 11) is 3.28. The number of pyridine rings is 1. The Morgan fingerprint density at radius 1 is 1.31 bits per heavy atom. The number of methoxy groups -OCH3 is 1. The molecule has 2 aromatic heterocycles. The molecule has 1 saturated carbocycles. The number of hydrogen-bond donors (Lipinski definition) is 1. The lowest BCUT2D eigenvalue weighted by molar-refractivity contribution is 0.0695. The van der Waals surface area contributed by atoms with Gasteiger partial charge in [0.15, 0.2) is 11.6 Å². The van der Waals surface area contributed by atoms with Crippen LogP contribution in [-0.4, -0.2) is 32.5 Å². The minimum absolute atomic E-state index is 0.0191. The SMILES string of the molecule is COc1c(N2Cc3cn(C)nc3C2)c(F)cc2c(=O)c(C(=O)O)cn(C3CC3)c12. The summed E-state index contributed by atoms with van der Waals surface area (Å²) in [6, 6.07) is 1.21. The molecule has 2 aliphatic rings. The van der Waals surface area contributed by atoms with E-state index in [4.69, 9.17) is 4.74 Å². The largest absolute Gasteiger partial charge is 0.492 e. The molecule has 1 aromatic carbocycles. The molecular weight excluding hydrogens is 379 g/mol. The smallest absolute Gasteiger partial charge is 0.341 e. The van der Waals surface area contributed by atoms with Crippen molar-refractivity contribution in [3.63, 3.8) is 0 Å². The first-order valence-corrected chi connectivity index (χ1v) is 9.34. The highest BCUT2D eigenvalue weighted by molar-refractivity contribution is 5.97. The lowest BCUT2D eigenvalue weighted by Gasteiger charge is -2.24. The zero-order valence-corrected chi connectivity index (χ0v) is 16.0. The number of nitrogens with zero attached hydrogens (tertiary/aromatic N) is 4. The summed E-state index contributed by atoms with van der Waals surface area (Å²) in [4.78, 5) is 26.1. The van der Waals surface area contributed by atoms with Gasteiger partial charge in [-0.15, -0.1) is 0 Å². The van der Waals surface area contributed by atoms with Crippen molar-refractivity contribution in [1.82, 2.24) is 14.3 Å². The monoisotopic (exact) mass is 398 g/mol. The third-order valence-electron chi connectivity index (χ3n) is 5.58. The normalized spacial score (nSPS) is 15.8. The molecule has 0 amide bonds. The van der Waals surface area contributed by atoms with E-state index in [0.29, 0.717) is 18.6 Å². The molecule has 3 heterocycles. The zero-order valence-electron chi connectivity index (χ0n) is 16.0. The molecule has 9 heteroatoms. The molecular formula is C20H19FN4O4. The molecule has 3 aromatic rings. The van der Waals surface area contributed by atoms with E-state index in [1.54, 1.807) is 9.25 Å². The van der Waals surface area contributed by atoms with Crippen molar-refractivity contribution in [3.8, 4) is 5.75 Å². The number of aromatic carboxylic acids is 1. The fourth-order valence-electron chi connectivity index (χ4n) is 4.17. The van der Waals surface area contributed by atoms with E-state index < -0.39 is 17.2 Å². The lowest BCUT2D eigenvalue weighted by atomic mass is 10.1. The first-order chi connectivity index (χ1) is 13.9. The number of carboxylic acid groups (broad SMARTS) is 1. The molecule has 0 saturated heterocycles. The number of carbonyl (C=O) groups is 1. The molecule has 150 valence electrons. The van der Waals surface area contributed by atoms with Crippen LogP contribution < -0.4 is 15.1 Å². The van der Waals surface area contributed by atoms with Crippen molar-refractivity contribution >= 4 is 22.6 Å². The average Bonchev–Trinajstić information content (AvgIpc) is 3.35. The summed E-state index contributed by atoms with van der Waals surface area (Å²) in [6.07, 6.45) is 4.99.